The molecule has 3 nitrogen and oxygen atoms in total. The van der Waals surface area contributed by atoms with Crippen LogP contribution in [0.2, 0.25) is 0 Å². The van der Waals surface area contributed by atoms with Crippen LogP contribution in [-0.2, 0) is 7.05 Å². The first-order valence-electron chi connectivity index (χ1n) is 3.39. The molecule has 1 rings (SSSR count). The fourth-order valence-corrected chi connectivity index (χ4v) is 0.677. The lowest BCUT2D eigenvalue weighted by molar-refractivity contribution is -0.672. The Morgan fingerprint density at radius 1 is 1.80 bits per heavy atom. The van der Waals surface area contributed by atoms with E-state index in [1.165, 1.54) is 6.21 Å². The van der Waals surface area contributed by atoms with E-state index in [1.807, 2.05) is 0 Å². The van der Waals surface area contributed by atoms with Crippen molar-refractivity contribution in [1.29, 1.82) is 0 Å². The molecule has 0 radical (unpaired) electrons. The van der Waals surface area contributed by atoms with Gasteiger partial charge in [-0.25, -0.2) is 4.57 Å². The summed E-state index contributed by atoms with van der Waals surface area (Å²) in [6.45, 7) is 0. The lowest BCUT2D eigenvalue weighted by Gasteiger charge is -1.88. The average Bonchev–Trinajstić information content (AvgIpc) is 1.99. The van der Waals surface area contributed by atoms with E-state index in [1.54, 1.807) is 29.8 Å². The van der Waals surface area contributed by atoms with Crippen LogP contribution in [0.4, 0.5) is 0 Å². The molecule has 3 heteroatoms. The van der Waals surface area contributed by atoms with Gasteiger partial charge in [-0.1, -0.05) is 5.16 Å². The maximum absolute atomic E-state index is 8.23. The van der Waals surface area contributed by atoms with Crippen molar-refractivity contribution in [2.24, 2.45) is 12.2 Å². The molecule has 0 aliphatic heterocycles. The Bertz CT molecular complexity index is 286. The van der Waals surface area contributed by atoms with Crippen molar-refractivity contribution in [1.82, 2.24) is 0 Å². The van der Waals surface area contributed by atoms with Crippen LogP contribution in [0.1, 0.15) is 7.06 Å². The topological polar surface area (TPSA) is 36.5 Å². The van der Waals surface area contributed by atoms with Crippen molar-refractivity contribution in [3.8, 4) is 0 Å². The van der Waals surface area contributed by atoms with E-state index >= 15 is 0 Å². The molecule has 0 saturated carbocycles. The van der Waals surface area contributed by atoms with E-state index in [-0.39, 0.29) is 0 Å². The molecule has 0 saturated heterocycles. The lowest BCUT2D eigenvalue weighted by atomic mass is 10.4. The fraction of sp³-hybridized carbons (Fsp3) is 0.143. The van der Waals surface area contributed by atoms with Gasteiger partial charge < -0.3 is 5.21 Å². The molecular weight excluding hydrogens is 128 g/mol. The summed E-state index contributed by atoms with van der Waals surface area (Å²) in [5.41, 5.74) is 0.694. The third-order valence-electron chi connectivity index (χ3n) is 1.21. The highest BCUT2D eigenvalue weighted by atomic mass is 16.4. The van der Waals surface area contributed by atoms with Gasteiger partial charge in [0.15, 0.2) is 6.17 Å². The lowest BCUT2D eigenvalue weighted by Crippen LogP contribution is -2.32. The van der Waals surface area contributed by atoms with Crippen molar-refractivity contribution in [3.05, 3.63) is 30.1 Å². The molecule has 1 aromatic rings. The highest BCUT2D eigenvalue weighted by molar-refractivity contribution is 5.74. The summed E-state index contributed by atoms with van der Waals surface area (Å²) in [7, 11) is 1.74. The maximum atomic E-state index is 8.23. The molecule has 0 amide bonds. The highest BCUT2D eigenvalue weighted by Gasteiger charge is 1.98. The molecular formula is C7H9N2O+. The van der Waals surface area contributed by atoms with Crippen molar-refractivity contribution in [2.75, 3.05) is 0 Å². The summed E-state index contributed by atoms with van der Waals surface area (Å²) < 4.78 is 8.97. The van der Waals surface area contributed by atoms with Gasteiger partial charge in [0.1, 0.15) is 14.6 Å². The average molecular weight is 139 g/mol. The molecule has 1 aromatic heterocycles. The van der Waals surface area contributed by atoms with Crippen LogP contribution in [0.5, 0.6) is 0 Å². The summed E-state index contributed by atoms with van der Waals surface area (Å²) in [5.74, 6) is 0. The number of pyridine rings is 1. The van der Waals surface area contributed by atoms with Gasteiger partial charge in [-0.15, -0.1) is 0 Å². The standard InChI is InChI=1S/C7H8N2O/c1-9-5-3-2-4-7(9)6-8-10/h2-6H,1H3/p+1/i5T. The maximum Gasteiger partial charge on any atom is 0.226 e. The number of oxime groups is 1. The molecule has 0 bridgehead atoms. The molecule has 0 atom stereocenters. The minimum atomic E-state index is 0.377. The molecule has 52 valence electrons. The first-order valence-corrected chi connectivity index (χ1v) is 2.89. The Morgan fingerprint density at radius 2 is 2.60 bits per heavy atom. The van der Waals surface area contributed by atoms with Crippen molar-refractivity contribution in [3.63, 3.8) is 0 Å². The van der Waals surface area contributed by atoms with E-state index in [2.05, 4.69) is 5.16 Å². The molecule has 1 heterocycles. The SMILES string of the molecule is [3H]c1cccc(/C=N/O)[n+]1C. The summed E-state index contributed by atoms with van der Waals surface area (Å²) in [6.07, 6.45) is 1.67. The zero-order chi connectivity index (χ0) is 8.27. The Morgan fingerprint density at radius 3 is 3.30 bits per heavy atom. The zero-order valence-electron chi connectivity index (χ0n) is 6.65. The Labute approximate surface area is 60.6 Å². The quantitative estimate of drug-likeness (QED) is 0.258. The largest absolute Gasteiger partial charge is 0.411 e. The van der Waals surface area contributed by atoms with Gasteiger partial charge in [0, 0.05) is 12.1 Å². The predicted octanol–water partition coefficient (Wildman–Crippen LogP) is 0.319. The van der Waals surface area contributed by atoms with E-state index in [4.69, 9.17) is 6.58 Å². The van der Waals surface area contributed by atoms with E-state index < -0.39 is 0 Å². The summed E-state index contributed by atoms with van der Waals surface area (Å²) in [6, 6.07) is 5.16. The highest BCUT2D eigenvalue weighted by Crippen LogP contribution is 1.84. The zero-order valence-corrected chi connectivity index (χ0v) is 5.65. The molecule has 0 unspecified atom stereocenters. The van der Waals surface area contributed by atoms with Crippen molar-refractivity contribution in [2.45, 2.75) is 0 Å². The third kappa shape index (κ3) is 1.31. The summed E-state index contributed by atoms with van der Waals surface area (Å²) in [5, 5.41) is 11.1. The minimum Gasteiger partial charge on any atom is -0.411 e. The predicted molar refractivity (Wildman–Crippen MR) is 37.0 cm³/mol. The molecule has 0 aliphatic rings. The van der Waals surface area contributed by atoms with Gasteiger partial charge in [-0.05, 0) is 6.07 Å². The summed E-state index contributed by atoms with van der Waals surface area (Å²) in [4.78, 5) is 0. The second-order valence-electron chi connectivity index (χ2n) is 1.88. The Hall–Kier alpha value is -1.38. The second kappa shape index (κ2) is 2.96. The van der Waals surface area contributed by atoms with Gasteiger partial charge in [-0.3, -0.25) is 0 Å². The van der Waals surface area contributed by atoms with Crippen LogP contribution in [0.15, 0.2) is 29.5 Å². The number of hydrogen-bond acceptors (Lipinski definition) is 2. The molecule has 10 heavy (non-hydrogen) atoms. The summed E-state index contributed by atoms with van der Waals surface area (Å²) >= 11 is 0. The monoisotopic (exact) mass is 139 g/mol. The first-order chi connectivity index (χ1) is 5.25. The number of aromatic nitrogens is 1. The van der Waals surface area contributed by atoms with Gasteiger partial charge in [0.05, 0.1) is 0 Å². The fourth-order valence-electron chi connectivity index (χ4n) is 0.677. The Balaban J connectivity index is 3.16. The van der Waals surface area contributed by atoms with Crippen molar-refractivity contribution < 1.29 is 11.1 Å². The van der Waals surface area contributed by atoms with Crippen LogP contribution in [0.3, 0.4) is 0 Å². The molecule has 0 spiro atoms. The second-order valence-corrected chi connectivity index (χ2v) is 1.88. The van der Waals surface area contributed by atoms with Crippen LogP contribution in [-0.4, -0.2) is 11.4 Å². The van der Waals surface area contributed by atoms with E-state index in [0.717, 1.165) is 0 Å². The molecule has 1 N–H and O–H groups in total. The van der Waals surface area contributed by atoms with Crippen LogP contribution < -0.4 is 4.57 Å². The van der Waals surface area contributed by atoms with Gasteiger partial charge >= 0.3 is 0 Å². The van der Waals surface area contributed by atoms with Crippen LogP contribution >= 0.6 is 0 Å². The van der Waals surface area contributed by atoms with Crippen LogP contribution in [0.25, 0.3) is 0 Å². The smallest absolute Gasteiger partial charge is 0.226 e. The minimum absolute atomic E-state index is 0.377. The number of nitrogens with zero attached hydrogens (tertiary/aromatic N) is 2. The van der Waals surface area contributed by atoms with E-state index in [0.29, 0.717) is 11.9 Å². The molecule has 0 fully saturated rings. The number of hydrogen-bond donors (Lipinski definition) is 1. The number of rotatable bonds is 1. The van der Waals surface area contributed by atoms with Crippen LogP contribution in [0, 0.1) is 0 Å². The normalized spacial score (nSPS) is 11.9. The first kappa shape index (κ1) is 5.41. The third-order valence-corrected chi connectivity index (χ3v) is 1.21. The molecule has 0 aromatic carbocycles. The van der Waals surface area contributed by atoms with E-state index in [9.17, 15) is 0 Å². The van der Waals surface area contributed by atoms with Gasteiger partial charge in [0.25, 0.3) is 0 Å². The molecule has 0 aliphatic carbocycles. The van der Waals surface area contributed by atoms with Crippen molar-refractivity contribution >= 4 is 6.21 Å². The Kier molecular flexibility index (Phi) is 1.60. The van der Waals surface area contributed by atoms with Gasteiger partial charge in [-0.2, -0.15) is 0 Å². The van der Waals surface area contributed by atoms with Gasteiger partial charge in [0.2, 0.25) is 5.69 Å².